The Bertz CT molecular complexity index is 542. The van der Waals surface area contributed by atoms with Gasteiger partial charge in [-0.3, -0.25) is 13.8 Å². The van der Waals surface area contributed by atoms with Gasteiger partial charge in [-0.2, -0.15) is 0 Å². The van der Waals surface area contributed by atoms with Gasteiger partial charge >= 0.3 is 29.6 Å². The van der Waals surface area contributed by atoms with Crippen LogP contribution in [-0.2, 0) is 24.2 Å². The van der Waals surface area contributed by atoms with E-state index in [4.69, 9.17) is 0 Å². The van der Waals surface area contributed by atoms with Crippen LogP contribution >= 0.6 is 0 Å². The minimum atomic E-state index is -4.68. The number of ketones is 1. The molecule has 7 nitrogen and oxygen atoms in total. The number of carbonyl (C=O) groups is 2. The molecule has 0 bridgehead atoms. The van der Waals surface area contributed by atoms with Gasteiger partial charge in [0.05, 0.1) is 6.61 Å². The molecule has 31 heavy (non-hydrogen) atoms. The molecular formula is C22H42NNaO6S. The van der Waals surface area contributed by atoms with E-state index in [1.807, 2.05) is 6.92 Å². The Balaban J connectivity index is 0. The van der Waals surface area contributed by atoms with Crippen molar-refractivity contribution in [2.75, 3.05) is 13.2 Å². The molecule has 0 aliphatic heterocycles. The molecular weight excluding hydrogens is 429 g/mol. The van der Waals surface area contributed by atoms with Crippen molar-refractivity contribution in [3.05, 3.63) is 0 Å². The first-order valence-electron chi connectivity index (χ1n) is 11.7. The van der Waals surface area contributed by atoms with Gasteiger partial charge in [-0.1, -0.05) is 84.0 Å². The molecule has 0 aromatic carbocycles. The van der Waals surface area contributed by atoms with Gasteiger partial charge in [-0.15, -0.1) is 0 Å². The summed E-state index contributed by atoms with van der Waals surface area (Å²) in [4.78, 5) is 22.7. The summed E-state index contributed by atoms with van der Waals surface area (Å²) in [6.45, 7) is 1.64. The zero-order valence-corrected chi connectivity index (χ0v) is 22.6. The Morgan fingerprint density at radius 3 is 1.52 bits per heavy atom. The number of hydrogen-bond acceptors (Lipinski definition) is 6. The van der Waals surface area contributed by atoms with Crippen molar-refractivity contribution >= 4 is 22.1 Å². The predicted octanol–water partition coefficient (Wildman–Crippen LogP) is 1.80. The minimum absolute atomic E-state index is 0. The fourth-order valence-electron chi connectivity index (χ4n) is 3.33. The van der Waals surface area contributed by atoms with Crippen molar-refractivity contribution < 1.29 is 56.3 Å². The first kappa shape index (κ1) is 33.2. The summed E-state index contributed by atoms with van der Waals surface area (Å²) in [5.41, 5.74) is 0. The Kier molecular flexibility index (Phi) is 24.8. The Hall–Kier alpha value is 0.01000. The smallest absolute Gasteiger partial charge is 0.726 e. The second-order valence-electron chi connectivity index (χ2n) is 7.92. The summed E-state index contributed by atoms with van der Waals surface area (Å²) < 4.78 is 34.7. The zero-order valence-electron chi connectivity index (χ0n) is 19.8. The van der Waals surface area contributed by atoms with E-state index in [0.29, 0.717) is 18.6 Å². The fraction of sp³-hybridized carbons (Fsp3) is 0.909. The monoisotopic (exact) mass is 471 g/mol. The first-order valence-corrected chi connectivity index (χ1v) is 13.1. The molecule has 9 heteroatoms. The van der Waals surface area contributed by atoms with Gasteiger partial charge in [0.2, 0.25) is 16.3 Å². The summed E-state index contributed by atoms with van der Waals surface area (Å²) in [6.07, 6.45) is 18.6. The summed E-state index contributed by atoms with van der Waals surface area (Å²) in [6, 6.07) is 0. The van der Waals surface area contributed by atoms with Gasteiger partial charge in [0, 0.05) is 25.8 Å². The average Bonchev–Trinajstić information content (AvgIpc) is 2.69. The first-order chi connectivity index (χ1) is 14.3. The molecule has 0 heterocycles. The van der Waals surface area contributed by atoms with Crippen molar-refractivity contribution in [2.24, 2.45) is 0 Å². The van der Waals surface area contributed by atoms with Gasteiger partial charge < -0.3 is 9.87 Å². The number of rotatable bonds is 22. The molecule has 0 aromatic rings. The largest absolute Gasteiger partial charge is 1.00 e. The molecule has 0 rings (SSSR count). The fourth-order valence-corrected chi connectivity index (χ4v) is 3.62. The molecule has 0 aliphatic carbocycles. The van der Waals surface area contributed by atoms with Gasteiger partial charge in [0.15, 0.2) is 0 Å². The van der Waals surface area contributed by atoms with Crippen LogP contribution in [0.1, 0.15) is 116 Å². The van der Waals surface area contributed by atoms with Gasteiger partial charge in [-0.05, 0) is 12.8 Å². The minimum Gasteiger partial charge on any atom is -0.726 e. The summed E-state index contributed by atoms with van der Waals surface area (Å²) in [7, 11) is -4.68. The molecule has 0 atom stereocenters. The Morgan fingerprint density at radius 2 is 1.13 bits per heavy atom. The number of nitrogens with one attached hydrogen (secondary N) is 1. The van der Waals surface area contributed by atoms with Gasteiger partial charge in [0.1, 0.15) is 5.78 Å². The van der Waals surface area contributed by atoms with E-state index in [1.54, 1.807) is 0 Å². The van der Waals surface area contributed by atoms with Crippen LogP contribution in [-0.4, -0.2) is 37.8 Å². The predicted molar refractivity (Wildman–Crippen MR) is 118 cm³/mol. The molecule has 0 fully saturated rings. The van der Waals surface area contributed by atoms with E-state index in [1.165, 1.54) is 64.2 Å². The van der Waals surface area contributed by atoms with E-state index in [2.05, 4.69) is 9.50 Å². The Labute approximate surface area is 212 Å². The number of carbonyl (C=O) groups excluding carboxylic acids is 2. The SMILES string of the molecule is CCC(=O)CCCCCCCCCCCCCCCCC(=O)NCCOS(=O)(=O)[O-].[Na+]. The number of amides is 1. The quantitative estimate of drug-likeness (QED) is 0.112. The summed E-state index contributed by atoms with van der Waals surface area (Å²) in [5.74, 6) is 0.247. The van der Waals surface area contributed by atoms with Crippen molar-refractivity contribution in [1.82, 2.24) is 5.32 Å². The summed E-state index contributed by atoms with van der Waals surface area (Å²) in [5, 5.41) is 2.53. The number of unbranched alkanes of at least 4 members (excludes halogenated alkanes) is 13. The van der Waals surface area contributed by atoms with Crippen LogP contribution in [0, 0.1) is 0 Å². The maximum Gasteiger partial charge on any atom is 1.00 e. The second-order valence-corrected chi connectivity index (χ2v) is 8.97. The Morgan fingerprint density at radius 1 is 0.742 bits per heavy atom. The molecule has 1 amide bonds. The standard InChI is InChI=1S/C22H43NO6S.Na/c1-2-21(24)17-15-13-11-9-7-5-3-4-6-8-10-12-14-16-18-22(25)23-19-20-29-30(26,27)28;/h2-20H2,1H3,(H,23,25)(H,26,27,28);/q;+1/p-1. The van der Waals surface area contributed by atoms with Gasteiger partial charge in [-0.25, -0.2) is 8.42 Å². The third-order valence-electron chi connectivity index (χ3n) is 5.16. The molecule has 0 spiro atoms. The van der Waals surface area contributed by atoms with E-state index >= 15 is 0 Å². The molecule has 0 aromatic heterocycles. The van der Waals surface area contributed by atoms with Crippen LogP contribution in [0.25, 0.3) is 0 Å². The molecule has 0 saturated heterocycles. The third kappa shape index (κ3) is 28.0. The van der Waals surface area contributed by atoms with Crippen LogP contribution in [0.3, 0.4) is 0 Å². The van der Waals surface area contributed by atoms with Crippen LogP contribution in [0.2, 0.25) is 0 Å². The molecule has 0 saturated carbocycles. The zero-order chi connectivity index (χ0) is 22.5. The van der Waals surface area contributed by atoms with Crippen LogP contribution in [0.15, 0.2) is 0 Å². The van der Waals surface area contributed by atoms with E-state index in [0.717, 1.165) is 32.1 Å². The molecule has 0 radical (unpaired) electrons. The van der Waals surface area contributed by atoms with E-state index < -0.39 is 10.4 Å². The van der Waals surface area contributed by atoms with E-state index in [9.17, 15) is 22.6 Å². The molecule has 0 aliphatic rings. The van der Waals surface area contributed by atoms with Crippen molar-refractivity contribution in [3.63, 3.8) is 0 Å². The normalized spacial score (nSPS) is 11.2. The van der Waals surface area contributed by atoms with Crippen molar-refractivity contribution in [2.45, 2.75) is 116 Å². The maximum absolute atomic E-state index is 11.5. The molecule has 0 unspecified atom stereocenters. The van der Waals surface area contributed by atoms with Gasteiger partial charge in [0.25, 0.3) is 0 Å². The van der Waals surface area contributed by atoms with Crippen molar-refractivity contribution in [3.8, 4) is 0 Å². The van der Waals surface area contributed by atoms with E-state index in [-0.39, 0.29) is 48.6 Å². The molecule has 1 N–H and O–H groups in total. The van der Waals surface area contributed by atoms with Crippen LogP contribution in [0.4, 0.5) is 0 Å². The average molecular weight is 472 g/mol. The topological polar surface area (TPSA) is 113 Å². The van der Waals surface area contributed by atoms with Crippen LogP contribution in [0.5, 0.6) is 0 Å². The second kappa shape index (κ2) is 23.2. The van der Waals surface area contributed by atoms with Crippen molar-refractivity contribution in [1.29, 1.82) is 0 Å². The number of Topliss-reactive ketones (excluding diaryl/α,β-unsaturated/α-hetero) is 1. The number of hydrogen-bond donors (Lipinski definition) is 1. The summed E-state index contributed by atoms with van der Waals surface area (Å²) >= 11 is 0. The van der Waals surface area contributed by atoms with Crippen LogP contribution < -0.4 is 34.9 Å². The molecule has 178 valence electrons. The third-order valence-corrected chi connectivity index (χ3v) is 5.61. The maximum atomic E-state index is 11.5.